The number of hydrogen-bond donors (Lipinski definition) is 0. The van der Waals surface area contributed by atoms with E-state index in [4.69, 9.17) is 14.2 Å². The van der Waals surface area contributed by atoms with Crippen molar-refractivity contribution in [1.82, 2.24) is 0 Å². The first-order valence-electron chi connectivity index (χ1n) is 32.6. The van der Waals surface area contributed by atoms with Crippen LogP contribution >= 0.6 is 0 Å². The number of rotatable bonds is 57. The summed E-state index contributed by atoms with van der Waals surface area (Å²) < 4.78 is 16.8. The minimum Gasteiger partial charge on any atom is -0.462 e. The highest BCUT2D eigenvalue weighted by molar-refractivity contribution is 5.71. The number of carbonyl (C=O) groups excluding carboxylic acids is 3. The van der Waals surface area contributed by atoms with Gasteiger partial charge in [0.2, 0.25) is 0 Å². The van der Waals surface area contributed by atoms with Crippen molar-refractivity contribution in [3.63, 3.8) is 0 Å². The number of hydrogen-bond acceptors (Lipinski definition) is 6. The maximum absolute atomic E-state index is 12.9. The highest BCUT2D eigenvalue weighted by atomic mass is 16.6. The Bertz CT molecular complexity index is 1860. The number of unbranched alkanes of at least 4 members (excludes halogenated alkanes) is 18. The molecule has 0 amide bonds. The first kappa shape index (κ1) is 75.8. The van der Waals surface area contributed by atoms with Gasteiger partial charge < -0.3 is 14.2 Å². The quantitative estimate of drug-likeness (QED) is 0.0261. The van der Waals surface area contributed by atoms with Gasteiger partial charge in [-0.3, -0.25) is 14.4 Å². The highest BCUT2D eigenvalue weighted by Crippen LogP contribution is 2.14. The van der Waals surface area contributed by atoms with Gasteiger partial charge in [0, 0.05) is 19.3 Å². The van der Waals surface area contributed by atoms with Crippen molar-refractivity contribution in [1.29, 1.82) is 0 Å². The Kier molecular flexibility index (Phi) is 62.9. The fraction of sp³-hybridized carbons (Fsp3) is 0.587. The SMILES string of the molecule is CC/C=C\C/C=C\C/C=C\C/C=C\C/C=C\C/C=C\C/C=C\C/C=C\C/C=C\CCCCCCCCCC(=O)OCC(COC(=O)CCCCC/C=C\C/C=C\C/C=C\CC)OC(=O)CCCCCCC/C=C\C/C=C\CCCCC. The summed E-state index contributed by atoms with van der Waals surface area (Å²) in [6.07, 6.45) is 99.4. The average Bonchev–Trinajstić information content (AvgIpc) is 3.46. The third-order valence-electron chi connectivity index (χ3n) is 13.2. The minimum absolute atomic E-state index is 0.106. The molecule has 6 heteroatoms. The maximum Gasteiger partial charge on any atom is 0.306 e. The lowest BCUT2D eigenvalue weighted by molar-refractivity contribution is -0.167. The Labute approximate surface area is 498 Å². The third-order valence-corrected chi connectivity index (χ3v) is 13.2. The first-order chi connectivity index (χ1) is 40.0. The van der Waals surface area contributed by atoms with Crippen molar-refractivity contribution in [3.05, 3.63) is 170 Å². The molecule has 0 aromatic heterocycles. The van der Waals surface area contributed by atoms with Crippen LogP contribution in [0.1, 0.15) is 265 Å². The van der Waals surface area contributed by atoms with E-state index in [-0.39, 0.29) is 31.1 Å². The predicted octanol–water partition coefficient (Wildman–Crippen LogP) is 22.7. The van der Waals surface area contributed by atoms with E-state index in [1.54, 1.807) is 0 Å². The molecule has 0 aromatic rings. The highest BCUT2D eigenvalue weighted by Gasteiger charge is 2.19. The topological polar surface area (TPSA) is 78.9 Å². The Morgan fingerprint density at radius 1 is 0.259 bits per heavy atom. The molecule has 0 aliphatic rings. The van der Waals surface area contributed by atoms with Crippen LogP contribution in [0.25, 0.3) is 0 Å². The second-order valence-corrected chi connectivity index (χ2v) is 20.9. The van der Waals surface area contributed by atoms with Crippen LogP contribution in [0.3, 0.4) is 0 Å². The third kappa shape index (κ3) is 65.5. The zero-order valence-corrected chi connectivity index (χ0v) is 52.0. The Morgan fingerprint density at radius 2 is 0.481 bits per heavy atom. The summed E-state index contributed by atoms with van der Waals surface area (Å²) in [5, 5.41) is 0. The van der Waals surface area contributed by atoms with E-state index in [1.807, 2.05) is 0 Å². The molecule has 6 nitrogen and oxygen atoms in total. The summed E-state index contributed by atoms with van der Waals surface area (Å²) in [5.41, 5.74) is 0. The van der Waals surface area contributed by atoms with E-state index < -0.39 is 6.10 Å². The van der Waals surface area contributed by atoms with Crippen LogP contribution in [-0.2, 0) is 28.6 Å². The normalized spacial score (nSPS) is 13.3. The van der Waals surface area contributed by atoms with Crippen molar-refractivity contribution < 1.29 is 28.6 Å². The summed E-state index contributed by atoms with van der Waals surface area (Å²) in [6, 6.07) is 0. The van der Waals surface area contributed by atoms with Gasteiger partial charge in [-0.2, -0.15) is 0 Å². The molecule has 0 N–H and O–H groups in total. The molecule has 454 valence electrons. The lowest BCUT2D eigenvalue weighted by Crippen LogP contribution is -2.30. The van der Waals surface area contributed by atoms with E-state index >= 15 is 0 Å². The predicted molar refractivity (Wildman–Crippen MR) is 352 cm³/mol. The van der Waals surface area contributed by atoms with Crippen LogP contribution in [0.5, 0.6) is 0 Å². The number of ether oxygens (including phenoxy) is 3. The molecule has 0 bridgehead atoms. The van der Waals surface area contributed by atoms with E-state index in [2.05, 4.69) is 191 Å². The molecule has 1 atom stereocenters. The fourth-order valence-corrected chi connectivity index (χ4v) is 8.36. The van der Waals surface area contributed by atoms with Crippen LogP contribution in [0.2, 0.25) is 0 Å². The second-order valence-electron chi connectivity index (χ2n) is 20.9. The molecule has 0 aliphatic heterocycles. The molecule has 0 fully saturated rings. The van der Waals surface area contributed by atoms with Crippen LogP contribution < -0.4 is 0 Å². The molecule has 81 heavy (non-hydrogen) atoms. The molecule has 0 saturated heterocycles. The molecule has 0 radical (unpaired) electrons. The lowest BCUT2D eigenvalue weighted by atomic mass is 10.1. The van der Waals surface area contributed by atoms with Gasteiger partial charge in [0.15, 0.2) is 6.10 Å². The van der Waals surface area contributed by atoms with Gasteiger partial charge in [-0.1, -0.05) is 262 Å². The standard InChI is InChI=1S/C75H118O6/c1-4-7-10-13-16-19-22-25-27-28-29-30-31-32-33-34-35-36-37-38-39-40-41-42-43-44-45-46-48-50-53-56-59-62-65-68-74(77)80-71-72(70-79-73(76)67-64-61-58-55-52-49-24-21-18-15-12-9-6-3)81-75(78)69-66-63-60-57-54-51-47-26-23-20-17-14-11-8-5-2/h7,9-10,12,16-21,25-27,29-30,32-33,35-36,38-39,41-42,44-45,47,49,52,72H,4-6,8,11,13-15,22-24,28,31,34,37,40,43,46,48,50-51,53-71H2,1-3H3/b10-7-,12-9-,19-16-,20-17-,21-18-,27-25-,30-29-,33-32-,36-35-,39-38-,42-41-,45-44-,47-26-,52-49-. The first-order valence-corrected chi connectivity index (χ1v) is 32.6. The smallest absolute Gasteiger partial charge is 0.306 e. The number of esters is 3. The van der Waals surface area contributed by atoms with Crippen molar-refractivity contribution >= 4 is 17.9 Å². The van der Waals surface area contributed by atoms with Gasteiger partial charge in [0.05, 0.1) is 0 Å². The number of carbonyl (C=O) groups is 3. The molecular weight excluding hydrogens is 997 g/mol. The Balaban J connectivity index is 4.31. The summed E-state index contributed by atoms with van der Waals surface area (Å²) >= 11 is 0. The molecule has 0 saturated carbocycles. The Morgan fingerprint density at radius 3 is 0.765 bits per heavy atom. The van der Waals surface area contributed by atoms with Gasteiger partial charge in [-0.05, 0) is 154 Å². The van der Waals surface area contributed by atoms with Crippen molar-refractivity contribution in [2.24, 2.45) is 0 Å². The summed E-state index contributed by atoms with van der Waals surface area (Å²) in [6.45, 7) is 6.33. The maximum atomic E-state index is 12.9. The van der Waals surface area contributed by atoms with E-state index in [9.17, 15) is 14.4 Å². The van der Waals surface area contributed by atoms with E-state index in [1.165, 1.54) is 51.4 Å². The monoisotopic (exact) mass is 1110 g/mol. The van der Waals surface area contributed by atoms with E-state index in [0.29, 0.717) is 19.3 Å². The summed E-state index contributed by atoms with van der Waals surface area (Å²) in [4.78, 5) is 38.2. The van der Waals surface area contributed by atoms with Crippen molar-refractivity contribution in [3.8, 4) is 0 Å². The average molecular weight is 1120 g/mol. The molecule has 1 unspecified atom stereocenters. The van der Waals surface area contributed by atoms with Gasteiger partial charge in [0.25, 0.3) is 0 Å². The molecular formula is C75H118O6. The van der Waals surface area contributed by atoms with Crippen molar-refractivity contribution in [2.75, 3.05) is 13.2 Å². The summed E-state index contributed by atoms with van der Waals surface area (Å²) in [5.74, 6) is -0.965. The van der Waals surface area contributed by atoms with Gasteiger partial charge in [-0.15, -0.1) is 0 Å². The zero-order valence-electron chi connectivity index (χ0n) is 52.0. The van der Waals surface area contributed by atoms with Crippen molar-refractivity contribution in [2.45, 2.75) is 271 Å². The number of allylic oxidation sites excluding steroid dienone is 28. The summed E-state index contributed by atoms with van der Waals surface area (Å²) in [7, 11) is 0. The van der Waals surface area contributed by atoms with Gasteiger partial charge in [0.1, 0.15) is 13.2 Å². The zero-order chi connectivity index (χ0) is 58.5. The molecule has 0 aliphatic carbocycles. The van der Waals surface area contributed by atoms with Gasteiger partial charge in [-0.25, -0.2) is 0 Å². The minimum atomic E-state index is -0.811. The lowest BCUT2D eigenvalue weighted by Gasteiger charge is -2.18. The molecule has 0 spiro atoms. The largest absolute Gasteiger partial charge is 0.462 e. The van der Waals surface area contributed by atoms with Crippen LogP contribution in [0.15, 0.2) is 170 Å². The van der Waals surface area contributed by atoms with Crippen LogP contribution in [-0.4, -0.2) is 37.2 Å². The second kappa shape index (κ2) is 67.3. The van der Waals surface area contributed by atoms with Gasteiger partial charge >= 0.3 is 17.9 Å². The molecule has 0 aromatic carbocycles. The molecule has 0 rings (SSSR count). The molecule has 0 heterocycles. The van der Waals surface area contributed by atoms with E-state index in [0.717, 1.165) is 173 Å². The fourth-order valence-electron chi connectivity index (χ4n) is 8.36. The van der Waals surface area contributed by atoms with Crippen LogP contribution in [0, 0.1) is 0 Å². The Hall–Kier alpha value is -5.23. The van der Waals surface area contributed by atoms with Crippen LogP contribution in [0.4, 0.5) is 0 Å².